The molecule has 4 bridgehead atoms. The molecule has 4 fully saturated rings. The van der Waals surface area contributed by atoms with Crippen molar-refractivity contribution in [1.82, 2.24) is 15.5 Å². The first-order chi connectivity index (χ1) is 9.79. The molecule has 0 spiro atoms. The Morgan fingerprint density at radius 2 is 1.70 bits per heavy atom. The van der Waals surface area contributed by atoms with Crippen LogP contribution in [0.15, 0.2) is 0 Å². The van der Waals surface area contributed by atoms with Gasteiger partial charge in [0.05, 0.1) is 17.5 Å². The summed E-state index contributed by atoms with van der Waals surface area (Å²) in [5.74, 6) is 4.28. The maximum absolute atomic E-state index is 10.4. The molecule has 20 heavy (non-hydrogen) atoms. The highest BCUT2D eigenvalue weighted by Gasteiger charge is 2.50. The van der Waals surface area contributed by atoms with Gasteiger partial charge in [-0.05, 0) is 55.8 Å². The highest BCUT2D eigenvalue weighted by Crippen LogP contribution is 2.60. The number of aliphatic hydroxyl groups excluding tert-OH is 1. The van der Waals surface area contributed by atoms with Crippen molar-refractivity contribution in [3.63, 3.8) is 0 Å². The minimum absolute atomic E-state index is 0.371. The molecule has 6 rings (SSSR count). The van der Waals surface area contributed by atoms with E-state index in [9.17, 15) is 5.11 Å². The van der Waals surface area contributed by atoms with E-state index >= 15 is 0 Å². The Morgan fingerprint density at radius 3 is 2.40 bits per heavy atom. The van der Waals surface area contributed by atoms with Crippen molar-refractivity contribution >= 4 is 0 Å². The molecule has 0 amide bonds. The largest absolute Gasteiger partial charge is 0.387 e. The number of hydrogen-bond donors (Lipinski definition) is 3. The summed E-state index contributed by atoms with van der Waals surface area (Å²) in [5.41, 5.74) is 3.48. The molecule has 2 heterocycles. The van der Waals surface area contributed by atoms with Gasteiger partial charge in [-0.25, -0.2) is 0 Å². The van der Waals surface area contributed by atoms with E-state index in [0.29, 0.717) is 12.5 Å². The smallest absolute Gasteiger partial charge is 0.0950 e. The molecule has 1 aliphatic heterocycles. The van der Waals surface area contributed by atoms with Gasteiger partial charge in [-0.15, -0.1) is 0 Å². The van der Waals surface area contributed by atoms with Crippen molar-refractivity contribution in [2.45, 2.75) is 50.7 Å². The number of aromatic nitrogens is 2. The first-order valence-electron chi connectivity index (χ1n) is 8.25. The van der Waals surface area contributed by atoms with Gasteiger partial charge < -0.3 is 10.4 Å². The van der Waals surface area contributed by atoms with Crippen LogP contribution in [-0.2, 0) is 6.54 Å². The maximum atomic E-state index is 10.4. The van der Waals surface area contributed by atoms with Crippen LogP contribution in [0.2, 0.25) is 0 Å². The van der Waals surface area contributed by atoms with Crippen molar-refractivity contribution in [3.8, 4) is 0 Å². The van der Waals surface area contributed by atoms with Gasteiger partial charge in [0.2, 0.25) is 0 Å². The Labute approximate surface area is 119 Å². The predicted octanol–water partition coefficient (Wildman–Crippen LogP) is 2.09. The monoisotopic (exact) mass is 273 g/mol. The fourth-order valence-electron chi connectivity index (χ4n) is 5.97. The van der Waals surface area contributed by atoms with Crippen LogP contribution in [0.4, 0.5) is 0 Å². The Kier molecular flexibility index (Phi) is 2.40. The molecule has 1 unspecified atom stereocenters. The zero-order chi connectivity index (χ0) is 13.3. The summed E-state index contributed by atoms with van der Waals surface area (Å²) < 4.78 is 0. The van der Waals surface area contributed by atoms with Gasteiger partial charge in [0, 0.05) is 24.6 Å². The standard InChI is InChI=1S/C16H23N3O/c20-13-7-17-6-12-15(13)16(19-18-12)14-10-2-8-1-9(4-10)5-11(14)3-8/h8-11,13-14,17,20H,1-7H2,(H,18,19). The highest BCUT2D eigenvalue weighted by molar-refractivity contribution is 5.34. The number of hydrogen-bond acceptors (Lipinski definition) is 3. The number of H-pyrrole nitrogens is 1. The number of rotatable bonds is 1. The first-order valence-corrected chi connectivity index (χ1v) is 8.25. The van der Waals surface area contributed by atoms with E-state index in [0.717, 1.165) is 41.5 Å². The number of nitrogens with zero attached hydrogens (tertiary/aromatic N) is 1. The molecule has 4 saturated carbocycles. The Balaban J connectivity index is 1.56. The second-order valence-corrected chi connectivity index (χ2v) is 7.60. The van der Waals surface area contributed by atoms with Gasteiger partial charge in [-0.2, -0.15) is 5.10 Å². The topological polar surface area (TPSA) is 60.9 Å². The van der Waals surface area contributed by atoms with Gasteiger partial charge >= 0.3 is 0 Å². The molecule has 1 atom stereocenters. The lowest BCUT2D eigenvalue weighted by Gasteiger charge is -2.54. The number of nitrogens with one attached hydrogen (secondary N) is 2. The summed E-state index contributed by atoms with van der Waals surface area (Å²) in [5, 5.41) is 21.5. The molecule has 4 heteroatoms. The van der Waals surface area contributed by atoms with Crippen LogP contribution in [0.3, 0.4) is 0 Å². The third kappa shape index (κ3) is 1.52. The molecule has 1 aromatic heterocycles. The number of aromatic amines is 1. The van der Waals surface area contributed by atoms with E-state index < -0.39 is 0 Å². The second-order valence-electron chi connectivity index (χ2n) is 7.60. The van der Waals surface area contributed by atoms with Crippen LogP contribution in [0.5, 0.6) is 0 Å². The molecule has 0 radical (unpaired) electrons. The normalized spacial score (nSPS) is 45.6. The predicted molar refractivity (Wildman–Crippen MR) is 75.0 cm³/mol. The molecule has 1 aromatic rings. The summed E-state index contributed by atoms with van der Waals surface area (Å²) in [6.45, 7) is 1.50. The molecule has 3 N–H and O–H groups in total. The molecular weight excluding hydrogens is 250 g/mol. The molecule has 0 saturated heterocycles. The van der Waals surface area contributed by atoms with Crippen LogP contribution < -0.4 is 5.32 Å². The summed E-state index contributed by atoms with van der Waals surface area (Å²) in [7, 11) is 0. The summed E-state index contributed by atoms with van der Waals surface area (Å²) in [6.07, 6.45) is 6.76. The maximum Gasteiger partial charge on any atom is 0.0950 e. The molecule has 4 aliphatic carbocycles. The van der Waals surface area contributed by atoms with Crippen molar-refractivity contribution in [2.24, 2.45) is 23.7 Å². The van der Waals surface area contributed by atoms with Gasteiger partial charge in [0.25, 0.3) is 0 Å². The van der Waals surface area contributed by atoms with Gasteiger partial charge in [0.15, 0.2) is 0 Å². The van der Waals surface area contributed by atoms with Crippen LogP contribution in [0, 0.1) is 23.7 Å². The van der Waals surface area contributed by atoms with Gasteiger partial charge in [-0.3, -0.25) is 5.10 Å². The lowest BCUT2D eigenvalue weighted by atomic mass is 9.51. The summed E-state index contributed by atoms with van der Waals surface area (Å²) >= 11 is 0. The van der Waals surface area contributed by atoms with Crippen molar-refractivity contribution in [3.05, 3.63) is 17.0 Å². The average molecular weight is 273 g/mol. The first kappa shape index (κ1) is 11.8. The van der Waals surface area contributed by atoms with Crippen molar-refractivity contribution < 1.29 is 5.11 Å². The zero-order valence-electron chi connectivity index (χ0n) is 11.8. The fourth-order valence-corrected chi connectivity index (χ4v) is 5.97. The quantitative estimate of drug-likeness (QED) is 0.734. The van der Waals surface area contributed by atoms with Crippen LogP contribution in [0.1, 0.15) is 61.1 Å². The third-order valence-electron chi connectivity index (χ3n) is 6.43. The average Bonchev–Trinajstić information content (AvgIpc) is 2.83. The van der Waals surface area contributed by atoms with Gasteiger partial charge in [-0.1, -0.05) is 0 Å². The number of fused-ring (bicyclic) bond motifs is 1. The van der Waals surface area contributed by atoms with Crippen molar-refractivity contribution in [2.75, 3.05) is 6.54 Å². The van der Waals surface area contributed by atoms with E-state index in [4.69, 9.17) is 0 Å². The Bertz CT molecular complexity index is 510. The summed E-state index contributed by atoms with van der Waals surface area (Å²) in [6, 6.07) is 0. The summed E-state index contributed by atoms with van der Waals surface area (Å²) in [4.78, 5) is 0. The number of β-amino-alcohol motifs (C(OH)–C–C–N with tert-alkyl or cyclic N) is 1. The van der Waals surface area contributed by atoms with Crippen molar-refractivity contribution in [1.29, 1.82) is 0 Å². The second kappa shape index (κ2) is 4.08. The molecule has 108 valence electrons. The molecular formula is C16H23N3O. The Hall–Kier alpha value is -0.870. The van der Waals surface area contributed by atoms with E-state index in [-0.39, 0.29) is 6.10 Å². The number of aliphatic hydroxyl groups is 1. The molecule has 5 aliphatic rings. The third-order valence-corrected chi connectivity index (χ3v) is 6.43. The van der Waals surface area contributed by atoms with E-state index in [1.807, 2.05) is 0 Å². The highest BCUT2D eigenvalue weighted by atomic mass is 16.3. The van der Waals surface area contributed by atoms with Crippen LogP contribution in [-0.4, -0.2) is 21.8 Å². The van der Waals surface area contributed by atoms with E-state index in [2.05, 4.69) is 15.5 Å². The van der Waals surface area contributed by atoms with Crippen LogP contribution in [0.25, 0.3) is 0 Å². The lowest BCUT2D eigenvalue weighted by molar-refractivity contribution is -0.00520. The van der Waals surface area contributed by atoms with Crippen LogP contribution >= 0.6 is 0 Å². The van der Waals surface area contributed by atoms with E-state index in [1.54, 1.807) is 0 Å². The fraction of sp³-hybridized carbons (Fsp3) is 0.812. The lowest BCUT2D eigenvalue weighted by Crippen LogP contribution is -2.44. The SMILES string of the molecule is OC1CNCc2[nH]nc(C3C4CC5CC(C4)CC3C5)c21. The minimum Gasteiger partial charge on any atom is -0.387 e. The Morgan fingerprint density at radius 1 is 1.00 bits per heavy atom. The van der Waals surface area contributed by atoms with Gasteiger partial charge in [0.1, 0.15) is 0 Å². The zero-order valence-corrected chi connectivity index (χ0v) is 11.8. The molecule has 4 nitrogen and oxygen atoms in total. The minimum atomic E-state index is -0.371. The molecule has 0 aromatic carbocycles. The van der Waals surface area contributed by atoms with E-state index in [1.165, 1.54) is 37.8 Å².